The SMILES string of the molecule is CC(C)(C)OC(=O)C1C2CC3C(OC(=O)C31)C2OC(=O)CN1CCOCC1. The summed E-state index contributed by atoms with van der Waals surface area (Å²) >= 11 is 0. The Labute approximate surface area is 158 Å². The zero-order valence-corrected chi connectivity index (χ0v) is 16.0. The summed E-state index contributed by atoms with van der Waals surface area (Å²) < 4.78 is 22.0. The number of esters is 3. The van der Waals surface area contributed by atoms with Crippen molar-refractivity contribution < 1.29 is 33.3 Å². The van der Waals surface area contributed by atoms with Gasteiger partial charge in [-0.05, 0) is 27.2 Å². The van der Waals surface area contributed by atoms with Gasteiger partial charge in [0.25, 0.3) is 0 Å². The quantitative estimate of drug-likeness (QED) is 0.510. The monoisotopic (exact) mass is 381 g/mol. The number of fused-ring (bicyclic) bond motifs is 1. The summed E-state index contributed by atoms with van der Waals surface area (Å²) in [6.07, 6.45) is -0.343. The van der Waals surface area contributed by atoms with Gasteiger partial charge in [-0.3, -0.25) is 19.3 Å². The van der Waals surface area contributed by atoms with Gasteiger partial charge in [0.1, 0.15) is 17.8 Å². The molecule has 0 spiro atoms. The minimum absolute atomic E-state index is 0.0683. The molecule has 0 aromatic heterocycles. The fourth-order valence-corrected chi connectivity index (χ4v) is 4.97. The predicted octanol–water partition coefficient (Wildman–Crippen LogP) is 0.380. The molecule has 4 rings (SSSR count). The first kappa shape index (κ1) is 18.7. The third kappa shape index (κ3) is 3.45. The number of ether oxygens (including phenoxy) is 4. The number of rotatable bonds is 4. The zero-order valence-electron chi connectivity index (χ0n) is 16.0. The molecule has 150 valence electrons. The van der Waals surface area contributed by atoms with Crippen LogP contribution in [0.4, 0.5) is 0 Å². The summed E-state index contributed by atoms with van der Waals surface area (Å²) in [5.74, 6) is -2.47. The molecule has 4 fully saturated rings. The van der Waals surface area contributed by atoms with E-state index in [0.29, 0.717) is 32.7 Å². The maximum atomic E-state index is 12.7. The average Bonchev–Trinajstić information content (AvgIpc) is 3.17. The van der Waals surface area contributed by atoms with Gasteiger partial charge in [0.15, 0.2) is 0 Å². The summed E-state index contributed by atoms with van der Waals surface area (Å²) in [7, 11) is 0. The van der Waals surface area contributed by atoms with Crippen molar-refractivity contribution in [2.24, 2.45) is 23.7 Å². The van der Waals surface area contributed by atoms with Gasteiger partial charge < -0.3 is 18.9 Å². The third-order valence-electron chi connectivity index (χ3n) is 5.95. The average molecular weight is 381 g/mol. The van der Waals surface area contributed by atoms with Crippen molar-refractivity contribution in [3.63, 3.8) is 0 Å². The van der Waals surface area contributed by atoms with Crippen molar-refractivity contribution in [3.05, 3.63) is 0 Å². The maximum absolute atomic E-state index is 12.7. The fourth-order valence-electron chi connectivity index (χ4n) is 4.97. The standard InChI is InChI=1S/C19H27NO7/c1-19(2,3)27-18(23)14-11-8-10-13(14)17(22)26-16(10)15(11)25-12(21)9-20-4-6-24-7-5-20/h10-11,13-16H,4-9H2,1-3H3. The number of hydrogen-bond donors (Lipinski definition) is 0. The highest BCUT2D eigenvalue weighted by atomic mass is 16.6. The molecule has 6 atom stereocenters. The molecule has 2 aliphatic carbocycles. The van der Waals surface area contributed by atoms with Crippen molar-refractivity contribution >= 4 is 17.9 Å². The zero-order chi connectivity index (χ0) is 19.3. The predicted molar refractivity (Wildman–Crippen MR) is 91.4 cm³/mol. The number of morpholine rings is 1. The van der Waals surface area contributed by atoms with Gasteiger partial charge in [0.05, 0.1) is 31.6 Å². The lowest BCUT2D eigenvalue weighted by atomic mass is 9.78. The first-order valence-electron chi connectivity index (χ1n) is 9.67. The van der Waals surface area contributed by atoms with Gasteiger partial charge in [-0.25, -0.2) is 0 Å². The molecule has 8 heteroatoms. The molecule has 2 aliphatic heterocycles. The summed E-state index contributed by atoms with van der Waals surface area (Å²) in [6, 6.07) is 0. The minimum Gasteiger partial charge on any atom is -0.460 e. The molecule has 0 aromatic carbocycles. The molecule has 0 N–H and O–H groups in total. The molecule has 2 saturated carbocycles. The van der Waals surface area contributed by atoms with Crippen molar-refractivity contribution in [1.82, 2.24) is 4.90 Å². The Morgan fingerprint density at radius 1 is 1.19 bits per heavy atom. The highest BCUT2D eigenvalue weighted by Gasteiger charge is 2.70. The van der Waals surface area contributed by atoms with E-state index in [1.807, 2.05) is 4.90 Å². The van der Waals surface area contributed by atoms with Gasteiger partial charge in [0.2, 0.25) is 0 Å². The number of carbonyl (C=O) groups excluding carboxylic acids is 3. The summed E-state index contributed by atoms with van der Waals surface area (Å²) in [4.78, 5) is 39.5. The normalized spacial score (nSPS) is 38.0. The smallest absolute Gasteiger partial charge is 0.320 e. The Kier molecular flexibility index (Phi) is 4.66. The van der Waals surface area contributed by atoms with E-state index < -0.39 is 35.6 Å². The number of nitrogens with zero attached hydrogens (tertiary/aromatic N) is 1. The minimum atomic E-state index is -0.636. The van der Waals surface area contributed by atoms with Crippen LogP contribution >= 0.6 is 0 Å². The lowest BCUT2D eigenvalue weighted by molar-refractivity contribution is -0.172. The van der Waals surface area contributed by atoms with Crippen molar-refractivity contribution in [1.29, 1.82) is 0 Å². The van der Waals surface area contributed by atoms with Crippen molar-refractivity contribution in [2.45, 2.75) is 45.0 Å². The van der Waals surface area contributed by atoms with Crippen molar-refractivity contribution in [3.8, 4) is 0 Å². The molecule has 4 aliphatic rings. The van der Waals surface area contributed by atoms with Crippen LogP contribution in [0, 0.1) is 23.7 Å². The Balaban J connectivity index is 1.45. The maximum Gasteiger partial charge on any atom is 0.320 e. The van der Waals surface area contributed by atoms with E-state index in [0.717, 1.165) is 0 Å². The van der Waals surface area contributed by atoms with Crippen LogP contribution in [0.15, 0.2) is 0 Å². The van der Waals surface area contributed by atoms with Gasteiger partial charge >= 0.3 is 17.9 Å². The molecule has 27 heavy (non-hydrogen) atoms. The molecule has 6 unspecified atom stereocenters. The fraction of sp³-hybridized carbons (Fsp3) is 0.842. The molecule has 0 radical (unpaired) electrons. The summed E-state index contributed by atoms with van der Waals surface area (Å²) in [6.45, 7) is 8.15. The molecule has 8 nitrogen and oxygen atoms in total. The second-order valence-electron chi connectivity index (χ2n) is 8.89. The van der Waals surface area contributed by atoms with Crippen LogP contribution in [-0.2, 0) is 33.3 Å². The van der Waals surface area contributed by atoms with Gasteiger partial charge in [-0.15, -0.1) is 0 Å². The molecule has 0 aromatic rings. The van der Waals surface area contributed by atoms with E-state index in [-0.39, 0.29) is 30.3 Å². The van der Waals surface area contributed by atoms with Crippen LogP contribution < -0.4 is 0 Å². The highest BCUT2D eigenvalue weighted by Crippen LogP contribution is 2.59. The topological polar surface area (TPSA) is 91.4 Å². The number of carbonyl (C=O) groups is 3. The van der Waals surface area contributed by atoms with Crippen LogP contribution in [-0.4, -0.2) is 73.5 Å². The lowest BCUT2D eigenvalue weighted by Gasteiger charge is -2.33. The summed E-state index contributed by atoms with van der Waals surface area (Å²) in [5, 5.41) is 0. The van der Waals surface area contributed by atoms with Crippen LogP contribution in [0.2, 0.25) is 0 Å². The van der Waals surface area contributed by atoms with Crippen LogP contribution in [0.25, 0.3) is 0 Å². The number of hydrogen-bond acceptors (Lipinski definition) is 8. The molecular formula is C19H27NO7. The Bertz CT molecular complexity index is 636. The lowest BCUT2D eigenvalue weighted by Crippen LogP contribution is -2.46. The Morgan fingerprint density at radius 3 is 2.56 bits per heavy atom. The van der Waals surface area contributed by atoms with Crippen molar-refractivity contribution in [2.75, 3.05) is 32.8 Å². The first-order valence-corrected chi connectivity index (χ1v) is 9.67. The van der Waals surface area contributed by atoms with E-state index in [1.54, 1.807) is 20.8 Å². The van der Waals surface area contributed by atoms with Crippen LogP contribution in [0.1, 0.15) is 27.2 Å². The van der Waals surface area contributed by atoms with Gasteiger partial charge in [-0.1, -0.05) is 0 Å². The second-order valence-corrected chi connectivity index (χ2v) is 8.89. The summed E-state index contributed by atoms with van der Waals surface area (Å²) in [5.41, 5.74) is -0.636. The second kappa shape index (κ2) is 6.74. The third-order valence-corrected chi connectivity index (χ3v) is 5.95. The molecule has 2 heterocycles. The van der Waals surface area contributed by atoms with E-state index in [1.165, 1.54) is 0 Å². The van der Waals surface area contributed by atoms with Crippen LogP contribution in [0.3, 0.4) is 0 Å². The van der Waals surface area contributed by atoms with E-state index in [4.69, 9.17) is 18.9 Å². The van der Waals surface area contributed by atoms with Gasteiger partial charge in [-0.2, -0.15) is 0 Å². The largest absolute Gasteiger partial charge is 0.460 e. The first-order chi connectivity index (χ1) is 12.7. The Morgan fingerprint density at radius 2 is 1.89 bits per heavy atom. The van der Waals surface area contributed by atoms with E-state index in [2.05, 4.69) is 0 Å². The molecule has 2 bridgehead atoms. The molecule has 0 amide bonds. The van der Waals surface area contributed by atoms with E-state index in [9.17, 15) is 14.4 Å². The van der Waals surface area contributed by atoms with Crippen LogP contribution in [0.5, 0.6) is 0 Å². The van der Waals surface area contributed by atoms with E-state index >= 15 is 0 Å². The molecule has 2 saturated heterocycles. The molecular weight excluding hydrogens is 354 g/mol. The highest BCUT2D eigenvalue weighted by molar-refractivity contribution is 5.86. The Hall–Kier alpha value is -1.67. The van der Waals surface area contributed by atoms with Gasteiger partial charge in [0, 0.05) is 24.9 Å².